The van der Waals surface area contributed by atoms with E-state index in [1.165, 1.54) is 24.2 Å². The van der Waals surface area contributed by atoms with Crippen molar-refractivity contribution in [2.45, 2.75) is 37.8 Å². The van der Waals surface area contributed by atoms with Crippen LogP contribution in [0.5, 0.6) is 0 Å². The lowest BCUT2D eigenvalue weighted by molar-refractivity contribution is -0.138. The topological polar surface area (TPSA) is 189 Å². The lowest BCUT2D eigenvalue weighted by Crippen LogP contribution is -2.30. The Morgan fingerprint density at radius 3 is 2.77 bits per heavy atom. The molecule has 3 heterocycles. The molecule has 2 bridgehead atoms. The molecule has 0 saturated carbocycles. The third kappa shape index (κ3) is 7.16. The zero-order valence-electron chi connectivity index (χ0n) is 23.0. The van der Waals surface area contributed by atoms with Gasteiger partial charge in [-0.15, -0.1) is 5.10 Å². The van der Waals surface area contributed by atoms with Crippen LogP contribution in [0.4, 0.5) is 16.2 Å². The first-order chi connectivity index (χ1) is 20.8. The Morgan fingerprint density at radius 2 is 2.00 bits per heavy atom. The highest BCUT2D eigenvalue weighted by atomic mass is 35.5. The number of ether oxygens (including phenoxy) is 1. The summed E-state index contributed by atoms with van der Waals surface area (Å²) in [5, 5.41) is 30.3. The van der Waals surface area contributed by atoms with E-state index in [2.05, 4.69) is 46.2 Å². The summed E-state index contributed by atoms with van der Waals surface area (Å²) in [6.45, 7) is 0. The molecule has 0 fully saturated rings. The van der Waals surface area contributed by atoms with Gasteiger partial charge in [0, 0.05) is 33.6 Å². The maximum atomic E-state index is 13.1. The number of tetrazole rings is 1. The Morgan fingerprint density at radius 1 is 1.16 bits per heavy atom. The number of amides is 2. The van der Waals surface area contributed by atoms with Crippen molar-refractivity contribution in [2.75, 3.05) is 17.7 Å². The molecule has 222 valence electrons. The molecule has 2 amide bonds. The molecular weight excluding hydrogens is 578 g/mol. The molecule has 0 aliphatic carbocycles. The molecule has 2 aromatic carbocycles. The molecule has 43 heavy (non-hydrogen) atoms. The molecule has 5 rings (SSSR count). The predicted molar refractivity (Wildman–Crippen MR) is 158 cm³/mol. The van der Waals surface area contributed by atoms with Crippen molar-refractivity contribution in [2.24, 2.45) is 0 Å². The fourth-order valence-electron chi connectivity index (χ4n) is 4.74. The summed E-state index contributed by atoms with van der Waals surface area (Å²) in [6, 6.07) is 8.85. The number of hydrogen-bond acceptors (Lipinski definition) is 9. The van der Waals surface area contributed by atoms with Crippen molar-refractivity contribution in [1.82, 2.24) is 35.5 Å². The van der Waals surface area contributed by atoms with Gasteiger partial charge in [0.25, 0.3) is 0 Å². The first-order valence-electron chi connectivity index (χ1n) is 13.4. The number of nitrogens with one attached hydrogen (secondary N) is 4. The SMILES string of the molecule is COC(=O)Nc1ccc2c(c1)NC(C(=O)O)CCCC[C@H](NC(=O)/C=C/c1cc(Cl)ccc1-n1cnnn1)c1ncc-2[nH]1. The minimum atomic E-state index is -1.00. The molecule has 1 aliphatic rings. The Bertz CT molecular complexity index is 1650. The number of halogens is 1. The lowest BCUT2D eigenvalue weighted by Gasteiger charge is -2.21. The monoisotopic (exact) mass is 605 g/mol. The second-order valence-corrected chi connectivity index (χ2v) is 10.2. The van der Waals surface area contributed by atoms with Crippen molar-refractivity contribution in [3.05, 3.63) is 71.4 Å². The maximum Gasteiger partial charge on any atom is 0.411 e. The van der Waals surface area contributed by atoms with E-state index in [0.717, 1.165) is 0 Å². The Hall–Kier alpha value is -5.24. The van der Waals surface area contributed by atoms with Crippen LogP contribution in [0, 0.1) is 0 Å². The maximum absolute atomic E-state index is 13.1. The number of carbonyl (C=O) groups is 3. The van der Waals surface area contributed by atoms with Crippen LogP contribution in [0.3, 0.4) is 0 Å². The zero-order valence-corrected chi connectivity index (χ0v) is 23.7. The molecule has 4 aromatic rings. The number of carboxylic acids is 1. The second kappa shape index (κ2) is 13.2. The number of carbonyl (C=O) groups excluding carboxylic acids is 2. The smallest absolute Gasteiger partial charge is 0.411 e. The number of benzene rings is 2. The predicted octanol–water partition coefficient (Wildman–Crippen LogP) is 4.19. The van der Waals surface area contributed by atoms with Crippen molar-refractivity contribution < 1.29 is 24.2 Å². The third-order valence-corrected chi connectivity index (χ3v) is 7.08. The van der Waals surface area contributed by atoms with Crippen LogP contribution < -0.4 is 16.0 Å². The Balaban J connectivity index is 1.41. The largest absolute Gasteiger partial charge is 0.480 e. The van der Waals surface area contributed by atoms with E-state index >= 15 is 0 Å². The molecule has 2 atom stereocenters. The number of fused-ring (bicyclic) bond motifs is 4. The number of aromatic nitrogens is 6. The minimum absolute atomic E-state index is 0.345. The number of rotatable bonds is 6. The highest BCUT2D eigenvalue weighted by molar-refractivity contribution is 6.30. The molecule has 0 spiro atoms. The standard InChI is InChI=1S/C28H28ClN9O5/c1-43-28(42)32-18-8-9-19-22(13-18)33-21(27(40)41)5-3-2-4-20(26-30-14-23(19)35-26)34-25(39)11-6-16-12-17(29)7-10-24(16)38-15-31-36-37-38/h6-15,20-21,33H,2-5H2,1H3,(H,30,35)(H,32,42)(H,34,39)(H,40,41)/b11-6+/t20-,21?/m0/s1. The Labute approximate surface area is 250 Å². The van der Waals surface area contributed by atoms with Crippen LogP contribution >= 0.6 is 11.6 Å². The second-order valence-electron chi connectivity index (χ2n) is 9.73. The molecular formula is C28H28ClN9O5. The number of aromatic amines is 1. The van der Waals surface area contributed by atoms with E-state index in [0.29, 0.717) is 70.4 Å². The number of methoxy groups -OCH3 is 1. The summed E-state index contributed by atoms with van der Waals surface area (Å²) in [7, 11) is 1.25. The lowest BCUT2D eigenvalue weighted by atomic mass is 10.0. The minimum Gasteiger partial charge on any atom is -0.480 e. The summed E-state index contributed by atoms with van der Waals surface area (Å²) >= 11 is 6.19. The molecule has 2 aromatic heterocycles. The van der Waals surface area contributed by atoms with Crippen molar-refractivity contribution in [3.8, 4) is 16.9 Å². The van der Waals surface area contributed by atoms with Gasteiger partial charge in [0.15, 0.2) is 0 Å². The summed E-state index contributed by atoms with van der Waals surface area (Å²) in [5.41, 5.74) is 3.44. The molecule has 1 unspecified atom stereocenters. The molecule has 1 aliphatic heterocycles. The summed E-state index contributed by atoms with van der Waals surface area (Å²) in [4.78, 5) is 44.7. The fourth-order valence-corrected chi connectivity index (χ4v) is 4.92. The van der Waals surface area contributed by atoms with Gasteiger partial charge in [-0.25, -0.2) is 14.6 Å². The van der Waals surface area contributed by atoms with E-state index in [1.807, 2.05) is 0 Å². The van der Waals surface area contributed by atoms with Gasteiger partial charge in [-0.05, 0) is 65.7 Å². The first-order valence-corrected chi connectivity index (χ1v) is 13.7. The van der Waals surface area contributed by atoms with Crippen LogP contribution in [-0.4, -0.2) is 66.4 Å². The Kier molecular flexibility index (Phi) is 8.96. The number of imidazole rings is 1. The van der Waals surface area contributed by atoms with Crippen LogP contribution in [0.15, 0.2) is 55.0 Å². The quantitative estimate of drug-likeness (QED) is 0.199. The van der Waals surface area contributed by atoms with E-state index < -0.39 is 24.1 Å². The summed E-state index contributed by atoms with van der Waals surface area (Å²) < 4.78 is 6.14. The highest BCUT2D eigenvalue weighted by Crippen LogP contribution is 2.33. The molecule has 5 N–H and O–H groups in total. The van der Waals surface area contributed by atoms with Gasteiger partial charge in [-0.2, -0.15) is 4.68 Å². The molecule has 14 nitrogen and oxygen atoms in total. The number of aliphatic carboxylic acids is 1. The number of nitrogens with zero attached hydrogens (tertiary/aromatic N) is 5. The number of carboxylic acid groups (broad SMARTS) is 1. The van der Waals surface area contributed by atoms with Crippen LogP contribution in [0.2, 0.25) is 5.02 Å². The first kappa shape index (κ1) is 29.3. The summed E-state index contributed by atoms with van der Waals surface area (Å²) in [6.07, 6.45) is 7.52. The van der Waals surface area contributed by atoms with Gasteiger partial charge >= 0.3 is 12.1 Å². The van der Waals surface area contributed by atoms with Crippen molar-refractivity contribution >= 4 is 47.0 Å². The molecule has 0 radical (unpaired) electrons. The van der Waals surface area contributed by atoms with Crippen molar-refractivity contribution in [3.63, 3.8) is 0 Å². The van der Waals surface area contributed by atoms with Crippen molar-refractivity contribution in [1.29, 1.82) is 0 Å². The van der Waals surface area contributed by atoms with Gasteiger partial charge < -0.3 is 25.5 Å². The number of H-pyrrole nitrogens is 1. The van der Waals surface area contributed by atoms with E-state index in [-0.39, 0.29) is 5.91 Å². The third-order valence-electron chi connectivity index (χ3n) is 6.85. The highest BCUT2D eigenvalue weighted by Gasteiger charge is 2.23. The van der Waals surface area contributed by atoms with Gasteiger partial charge in [0.1, 0.15) is 18.2 Å². The average molecular weight is 606 g/mol. The zero-order chi connectivity index (χ0) is 30.3. The average Bonchev–Trinajstić information content (AvgIpc) is 3.70. The van der Waals surface area contributed by atoms with Crippen LogP contribution in [0.1, 0.15) is 43.1 Å². The molecule has 0 saturated heterocycles. The summed E-state index contributed by atoms with van der Waals surface area (Å²) in [5.74, 6) is -0.815. The van der Waals surface area contributed by atoms with Gasteiger partial charge in [-0.1, -0.05) is 24.4 Å². The van der Waals surface area contributed by atoms with Gasteiger partial charge in [0.05, 0.1) is 30.7 Å². The molecule has 15 heteroatoms. The fraction of sp³-hybridized carbons (Fsp3) is 0.250. The van der Waals surface area contributed by atoms with Gasteiger partial charge in [-0.3, -0.25) is 10.1 Å². The number of hydrogen-bond donors (Lipinski definition) is 5. The van der Waals surface area contributed by atoms with Gasteiger partial charge in [0.2, 0.25) is 5.91 Å². The van der Waals surface area contributed by atoms with E-state index in [1.54, 1.807) is 48.7 Å². The van der Waals surface area contributed by atoms with Crippen LogP contribution in [0.25, 0.3) is 23.0 Å². The number of anilines is 2. The van der Waals surface area contributed by atoms with Crippen LogP contribution in [-0.2, 0) is 14.3 Å². The normalized spacial score (nSPS) is 16.7. The van der Waals surface area contributed by atoms with E-state index in [9.17, 15) is 19.5 Å². The van der Waals surface area contributed by atoms with E-state index in [4.69, 9.17) is 11.6 Å².